The van der Waals surface area contributed by atoms with Gasteiger partial charge in [-0.15, -0.1) is 0 Å². The summed E-state index contributed by atoms with van der Waals surface area (Å²) in [6.07, 6.45) is -4.32. The van der Waals surface area contributed by atoms with Crippen molar-refractivity contribution < 1.29 is 21.6 Å². The first-order valence-corrected chi connectivity index (χ1v) is 7.85. The Bertz CT molecular complexity index is 774. The second-order valence-electron chi connectivity index (χ2n) is 4.73. The number of alkyl halides is 3. The molecule has 0 amide bonds. The van der Waals surface area contributed by atoms with Gasteiger partial charge in [-0.25, -0.2) is 8.42 Å². The van der Waals surface area contributed by atoms with E-state index in [-0.39, 0.29) is 10.5 Å². The van der Waals surface area contributed by atoms with Gasteiger partial charge in [0.05, 0.1) is 4.90 Å². The van der Waals surface area contributed by atoms with Crippen LogP contribution in [-0.2, 0) is 9.84 Å². The molecule has 0 N–H and O–H groups in total. The third kappa shape index (κ3) is 3.57. The average Bonchev–Trinajstić information content (AvgIpc) is 2.45. The lowest BCUT2D eigenvalue weighted by Gasteiger charge is -2.13. The number of hydrogen-bond acceptors (Lipinski definition) is 2. The third-order valence-corrected chi connectivity index (χ3v) is 4.82. The van der Waals surface area contributed by atoms with Crippen molar-refractivity contribution in [2.45, 2.75) is 18.0 Å². The molecule has 2 nitrogen and oxygen atoms in total. The molecule has 0 unspecified atom stereocenters. The summed E-state index contributed by atoms with van der Waals surface area (Å²) in [5.41, 5.74) is 0.935. The summed E-state index contributed by atoms with van der Waals surface area (Å²) in [6, 6.07) is 12.8. The largest absolute Gasteiger partial charge is 0.427 e. The van der Waals surface area contributed by atoms with Crippen LogP contribution in [0.25, 0.3) is 6.08 Å². The van der Waals surface area contributed by atoms with Gasteiger partial charge in [0.25, 0.3) is 0 Å². The van der Waals surface area contributed by atoms with Crippen LogP contribution in [0.15, 0.2) is 64.4 Å². The van der Waals surface area contributed by atoms with Crippen molar-refractivity contribution in [2.24, 2.45) is 0 Å². The Kier molecular flexibility index (Phi) is 4.42. The van der Waals surface area contributed by atoms with Gasteiger partial charge in [-0.1, -0.05) is 48.0 Å². The van der Waals surface area contributed by atoms with Crippen molar-refractivity contribution in [1.82, 2.24) is 0 Å². The van der Waals surface area contributed by atoms with Gasteiger partial charge in [-0.2, -0.15) is 13.2 Å². The Labute approximate surface area is 126 Å². The first-order valence-electron chi connectivity index (χ1n) is 6.37. The van der Waals surface area contributed by atoms with E-state index >= 15 is 0 Å². The summed E-state index contributed by atoms with van der Waals surface area (Å²) in [6.45, 7) is 1.72. The lowest BCUT2D eigenvalue weighted by Crippen LogP contribution is -2.20. The van der Waals surface area contributed by atoms with E-state index < -0.39 is 20.9 Å². The van der Waals surface area contributed by atoms with Crippen LogP contribution in [-0.4, -0.2) is 14.6 Å². The molecule has 0 aliphatic rings. The highest BCUT2D eigenvalue weighted by Crippen LogP contribution is 2.35. The van der Waals surface area contributed by atoms with Crippen LogP contribution in [0.2, 0.25) is 0 Å². The van der Waals surface area contributed by atoms with E-state index in [1.807, 2.05) is 0 Å². The highest BCUT2D eigenvalue weighted by atomic mass is 32.2. The number of rotatable bonds is 3. The third-order valence-electron chi connectivity index (χ3n) is 3.00. The van der Waals surface area contributed by atoms with Gasteiger partial charge in [-0.3, -0.25) is 0 Å². The van der Waals surface area contributed by atoms with Crippen molar-refractivity contribution >= 4 is 15.9 Å². The van der Waals surface area contributed by atoms with Crippen LogP contribution >= 0.6 is 0 Å². The fourth-order valence-corrected chi connectivity index (χ4v) is 3.20. The van der Waals surface area contributed by atoms with E-state index in [9.17, 15) is 21.6 Å². The van der Waals surface area contributed by atoms with E-state index in [0.29, 0.717) is 6.08 Å². The Balaban J connectivity index is 2.60. The van der Waals surface area contributed by atoms with Gasteiger partial charge in [0, 0.05) is 0 Å². The molecule has 0 fully saturated rings. The van der Waals surface area contributed by atoms with Crippen LogP contribution < -0.4 is 0 Å². The van der Waals surface area contributed by atoms with Crippen molar-refractivity contribution in [3.63, 3.8) is 0 Å². The van der Waals surface area contributed by atoms with E-state index in [1.54, 1.807) is 25.1 Å². The maximum atomic E-state index is 13.2. The quantitative estimate of drug-likeness (QED) is 0.839. The number of halogens is 3. The first kappa shape index (κ1) is 16.3. The zero-order valence-corrected chi connectivity index (χ0v) is 12.4. The molecule has 22 heavy (non-hydrogen) atoms. The molecule has 2 aromatic rings. The number of hydrogen-bond donors (Lipinski definition) is 0. The Morgan fingerprint density at radius 3 is 2.00 bits per heavy atom. The molecule has 0 radical (unpaired) electrons. The summed E-state index contributed by atoms with van der Waals surface area (Å²) in [5.74, 6) is 0. The molecule has 0 saturated carbocycles. The van der Waals surface area contributed by atoms with Crippen molar-refractivity contribution in [3.8, 4) is 0 Å². The van der Waals surface area contributed by atoms with E-state index in [4.69, 9.17) is 0 Å². The van der Waals surface area contributed by atoms with Crippen LogP contribution in [0.5, 0.6) is 0 Å². The molecule has 0 aliphatic heterocycles. The zero-order chi connectivity index (χ0) is 16.4. The molecule has 2 aromatic carbocycles. The zero-order valence-electron chi connectivity index (χ0n) is 11.6. The summed E-state index contributed by atoms with van der Waals surface area (Å²) in [5, 5.41) is 0. The molecule has 0 bridgehead atoms. The lowest BCUT2D eigenvalue weighted by atomic mass is 10.2. The molecular formula is C16H13F3O2S. The van der Waals surface area contributed by atoms with Gasteiger partial charge in [-0.05, 0) is 30.7 Å². The van der Waals surface area contributed by atoms with Crippen molar-refractivity contribution in [3.05, 3.63) is 70.6 Å². The molecule has 0 heterocycles. The number of benzene rings is 2. The minimum atomic E-state index is -4.97. The van der Waals surface area contributed by atoms with Gasteiger partial charge in [0.2, 0.25) is 9.84 Å². The summed E-state index contributed by atoms with van der Waals surface area (Å²) >= 11 is 0. The molecular weight excluding hydrogens is 313 g/mol. The number of sulfone groups is 1. The summed E-state index contributed by atoms with van der Waals surface area (Å²) in [7, 11) is -4.64. The maximum absolute atomic E-state index is 13.2. The van der Waals surface area contributed by atoms with E-state index in [2.05, 4.69) is 0 Å². The summed E-state index contributed by atoms with van der Waals surface area (Å²) < 4.78 is 64.3. The van der Waals surface area contributed by atoms with Crippen LogP contribution in [0.1, 0.15) is 11.1 Å². The molecule has 0 atom stereocenters. The normalized spacial score (nSPS) is 13.2. The molecule has 0 saturated heterocycles. The fraction of sp³-hybridized carbons (Fsp3) is 0.125. The SMILES string of the molecule is Cc1ccc(S(=O)(=O)/C(=C\c2ccccc2)C(F)(F)F)cc1. The highest BCUT2D eigenvalue weighted by Gasteiger charge is 2.43. The van der Waals surface area contributed by atoms with Crippen molar-refractivity contribution in [2.75, 3.05) is 0 Å². The second-order valence-corrected chi connectivity index (χ2v) is 6.65. The lowest BCUT2D eigenvalue weighted by molar-refractivity contribution is -0.0836. The monoisotopic (exact) mass is 326 g/mol. The predicted octanol–water partition coefficient (Wildman–Crippen LogP) is 4.37. The fourth-order valence-electron chi connectivity index (χ4n) is 1.86. The molecule has 6 heteroatoms. The Morgan fingerprint density at radius 2 is 1.50 bits per heavy atom. The van der Waals surface area contributed by atoms with Crippen LogP contribution in [0, 0.1) is 6.92 Å². The van der Waals surface area contributed by atoms with Gasteiger partial charge in [0.15, 0.2) is 4.91 Å². The molecule has 116 valence electrons. The van der Waals surface area contributed by atoms with Crippen molar-refractivity contribution in [1.29, 1.82) is 0 Å². The minimum Gasteiger partial charge on any atom is -0.219 e. The molecule has 2 rings (SSSR count). The second kappa shape index (κ2) is 5.96. The minimum absolute atomic E-state index is 0.172. The highest BCUT2D eigenvalue weighted by molar-refractivity contribution is 7.95. The van der Waals surface area contributed by atoms with E-state index in [0.717, 1.165) is 5.56 Å². The Hall–Kier alpha value is -2.08. The van der Waals surface area contributed by atoms with Gasteiger partial charge in [0.1, 0.15) is 0 Å². The first-order chi connectivity index (χ1) is 10.2. The van der Waals surface area contributed by atoms with E-state index in [1.165, 1.54) is 36.4 Å². The Morgan fingerprint density at radius 1 is 0.955 bits per heavy atom. The molecule has 0 aromatic heterocycles. The maximum Gasteiger partial charge on any atom is 0.427 e. The molecule has 0 spiro atoms. The van der Waals surface area contributed by atoms with Crippen LogP contribution in [0.4, 0.5) is 13.2 Å². The summed E-state index contributed by atoms with van der Waals surface area (Å²) in [4.78, 5) is -1.95. The predicted molar refractivity (Wildman–Crippen MR) is 78.8 cm³/mol. The number of allylic oxidation sites excluding steroid dienone is 1. The van der Waals surface area contributed by atoms with Gasteiger partial charge < -0.3 is 0 Å². The van der Waals surface area contributed by atoms with Gasteiger partial charge >= 0.3 is 6.18 Å². The average molecular weight is 326 g/mol. The number of aryl methyl sites for hydroxylation is 1. The topological polar surface area (TPSA) is 34.1 Å². The standard InChI is InChI=1S/C16H13F3O2S/c1-12-7-9-14(10-8-12)22(20,21)15(16(17,18)19)11-13-5-3-2-4-6-13/h2-11H,1H3/b15-11-. The van der Waals surface area contributed by atoms with Crippen LogP contribution in [0.3, 0.4) is 0 Å². The molecule has 0 aliphatic carbocycles. The smallest absolute Gasteiger partial charge is 0.219 e.